The van der Waals surface area contributed by atoms with Crippen LogP contribution in [0.4, 0.5) is 0 Å². The summed E-state index contributed by atoms with van der Waals surface area (Å²) in [7, 11) is -2.15. The van der Waals surface area contributed by atoms with Crippen LogP contribution in [0.2, 0.25) is 0 Å². The van der Waals surface area contributed by atoms with E-state index in [0.717, 1.165) is 9.46 Å². The van der Waals surface area contributed by atoms with Crippen LogP contribution < -0.4 is 9.46 Å². The normalized spacial score (nSPS) is 10.1. The quantitative estimate of drug-likeness (QED) is 0.261. The Kier molecular flexibility index (Phi) is 10.0. The Balaban J connectivity index is 0.000000644. The summed E-state index contributed by atoms with van der Waals surface area (Å²) in [6.45, 7) is 0. The second-order valence-electron chi connectivity index (χ2n) is 3.34. The van der Waals surface area contributed by atoms with Crippen LogP contribution >= 0.6 is 21.6 Å². The Bertz CT molecular complexity index is 647. The van der Waals surface area contributed by atoms with E-state index in [1.165, 1.54) is 34.0 Å². The molecule has 0 unspecified atom stereocenters. The second kappa shape index (κ2) is 10.3. The first-order chi connectivity index (χ1) is 9.77. The van der Waals surface area contributed by atoms with E-state index in [1.807, 2.05) is 0 Å². The molecule has 22 heavy (non-hydrogen) atoms. The molecular weight excluding hydrogens is 363 g/mol. The molecule has 2 N–H and O–H groups in total. The fourth-order valence-corrected chi connectivity index (χ4v) is 3.03. The van der Waals surface area contributed by atoms with E-state index in [2.05, 4.69) is 0 Å². The minimum atomic E-state index is -4.67. The van der Waals surface area contributed by atoms with Crippen LogP contribution in [0.15, 0.2) is 58.8 Å². The maximum absolute atomic E-state index is 11.3. The molecule has 0 aliphatic heterocycles. The number of rotatable bonds is 3. The Morgan fingerprint density at radius 3 is 1.45 bits per heavy atom. The van der Waals surface area contributed by atoms with E-state index < -0.39 is 10.4 Å². The molecule has 0 spiro atoms. The zero-order valence-corrected chi connectivity index (χ0v) is 12.7. The fourth-order valence-electron chi connectivity index (χ4n) is 1.04. The molecule has 0 saturated carbocycles. The summed E-state index contributed by atoms with van der Waals surface area (Å²) in [5.41, 5.74) is 0. The summed E-state index contributed by atoms with van der Waals surface area (Å²) in [6.07, 6.45) is 2.86. The standard InChI is InChI=1S/C10H8N2O2S2.Na.H2O4S.H/c13-11-7-3-1-5-9(11)15-16-10-6-2-4-8-12(10)14;;1-5(2,3)4;/h1-8H;;(H2,1,2,3,4);. The Morgan fingerprint density at radius 2 is 1.18 bits per heavy atom. The minimum absolute atomic E-state index is 0. The molecule has 12 heteroatoms. The Labute approximate surface area is 157 Å². The molecule has 0 aliphatic rings. The van der Waals surface area contributed by atoms with Crippen LogP contribution in [-0.4, -0.2) is 47.1 Å². The number of nitrogens with zero attached hydrogens (tertiary/aromatic N) is 2. The predicted molar refractivity (Wildman–Crippen MR) is 83.8 cm³/mol. The van der Waals surface area contributed by atoms with Crippen molar-refractivity contribution in [2.45, 2.75) is 10.1 Å². The molecule has 116 valence electrons. The van der Waals surface area contributed by atoms with E-state index in [-0.39, 0.29) is 29.6 Å². The average Bonchev–Trinajstić information content (AvgIpc) is 2.37. The first-order valence-electron chi connectivity index (χ1n) is 5.18. The van der Waals surface area contributed by atoms with E-state index in [0.29, 0.717) is 10.1 Å². The summed E-state index contributed by atoms with van der Waals surface area (Å²) >= 11 is 0. The molecule has 2 heterocycles. The topological polar surface area (TPSA) is 128 Å². The van der Waals surface area contributed by atoms with Crippen molar-refractivity contribution in [3.8, 4) is 0 Å². The summed E-state index contributed by atoms with van der Waals surface area (Å²) in [5.74, 6) is 0. The van der Waals surface area contributed by atoms with Gasteiger partial charge in [-0.05, 0) is 12.1 Å². The van der Waals surface area contributed by atoms with Gasteiger partial charge >= 0.3 is 40.0 Å². The Hall–Kier alpha value is -0.530. The third kappa shape index (κ3) is 9.48. The van der Waals surface area contributed by atoms with Crippen molar-refractivity contribution in [3.63, 3.8) is 0 Å². The molecule has 0 amide bonds. The van der Waals surface area contributed by atoms with Crippen LogP contribution in [0, 0.1) is 10.4 Å². The van der Waals surface area contributed by atoms with Crippen molar-refractivity contribution >= 4 is 61.5 Å². The summed E-state index contributed by atoms with van der Waals surface area (Å²) in [6, 6.07) is 10.3. The van der Waals surface area contributed by atoms with Gasteiger partial charge in [0.25, 0.3) is 10.1 Å². The molecule has 0 atom stereocenters. The molecule has 0 radical (unpaired) electrons. The molecule has 0 saturated heterocycles. The van der Waals surface area contributed by atoms with Crippen molar-refractivity contribution < 1.29 is 27.0 Å². The third-order valence-electron chi connectivity index (χ3n) is 1.79. The number of hydrogen-bond donors (Lipinski definition) is 2. The zero-order valence-electron chi connectivity index (χ0n) is 10.3. The minimum Gasteiger partial charge on any atom is -0.618 e. The van der Waals surface area contributed by atoms with Crippen LogP contribution in [0.25, 0.3) is 0 Å². The SMILES string of the molecule is O=S(=O)(O)O.[NaH].[O-][n+]1ccccc1SSc1cccc[n+]1[O-]. The van der Waals surface area contributed by atoms with Gasteiger partial charge in [-0.3, -0.25) is 9.11 Å². The van der Waals surface area contributed by atoms with E-state index in [1.54, 1.807) is 36.4 Å². The van der Waals surface area contributed by atoms with Gasteiger partial charge < -0.3 is 10.4 Å². The van der Waals surface area contributed by atoms with Gasteiger partial charge in [-0.1, -0.05) is 0 Å². The first-order valence-corrected chi connectivity index (χ1v) is 8.73. The molecule has 2 aromatic heterocycles. The van der Waals surface area contributed by atoms with Crippen molar-refractivity contribution in [2.75, 3.05) is 0 Å². The summed E-state index contributed by atoms with van der Waals surface area (Å²) in [4.78, 5) is 0. The Morgan fingerprint density at radius 1 is 0.864 bits per heavy atom. The van der Waals surface area contributed by atoms with Crippen molar-refractivity contribution in [1.82, 2.24) is 0 Å². The van der Waals surface area contributed by atoms with Gasteiger partial charge in [-0.15, -0.1) is 0 Å². The van der Waals surface area contributed by atoms with E-state index >= 15 is 0 Å². The number of hydrogen-bond acceptors (Lipinski definition) is 6. The third-order valence-corrected chi connectivity index (χ3v) is 4.12. The molecule has 8 nitrogen and oxygen atoms in total. The largest absolute Gasteiger partial charge is 0.618 e. The zero-order chi connectivity index (χ0) is 15.9. The van der Waals surface area contributed by atoms with Crippen molar-refractivity contribution in [1.29, 1.82) is 0 Å². The van der Waals surface area contributed by atoms with Crippen LogP contribution in [0.3, 0.4) is 0 Å². The molecule has 0 fully saturated rings. The van der Waals surface area contributed by atoms with Crippen LogP contribution in [0.1, 0.15) is 0 Å². The predicted octanol–water partition coefficient (Wildman–Crippen LogP) is 0.452. The maximum atomic E-state index is 11.3. The van der Waals surface area contributed by atoms with Crippen molar-refractivity contribution in [3.05, 3.63) is 59.2 Å². The monoisotopic (exact) mass is 374 g/mol. The smallest absolute Gasteiger partial charge is 0.262 e. The average molecular weight is 374 g/mol. The van der Waals surface area contributed by atoms with Crippen LogP contribution in [-0.2, 0) is 10.4 Å². The molecule has 0 aliphatic carbocycles. The van der Waals surface area contributed by atoms with Gasteiger partial charge in [-0.25, -0.2) is 0 Å². The van der Waals surface area contributed by atoms with Gasteiger partial charge in [0.2, 0.25) is 0 Å². The molecule has 2 rings (SSSR count). The second-order valence-corrected chi connectivity index (χ2v) is 6.41. The van der Waals surface area contributed by atoms with Gasteiger partial charge in [0.1, 0.15) is 0 Å². The summed E-state index contributed by atoms with van der Waals surface area (Å²) < 4.78 is 33.1. The maximum Gasteiger partial charge on any atom is 0.262 e. The van der Waals surface area contributed by atoms with Gasteiger partial charge in [0.05, 0.1) is 0 Å². The van der Waals surface area contributed by atoms with E-state index in [4.69, 9.17) is 17.5 Å². The number of pyridine rings is 2. The van der Waals surface area contributed by atoms with Crippen molar-refractivity contribution in [2.24, 2.45) is 0 Å². The molecule has 0 aromatic carbocycles. The summed E-state index contributed by atoms with van der Waals surface area (Å²) in [5, 5.41) is 23.8. The molecule has 2 aromatic rings. The first kappa shape index (κ1) is 21.5. The van der Waals surface area contributed by atoms with Gasteiger partial charge in [0.15, 0.2) is 12.4 Å². The molecular formula is C10H11N2NaO6S3. The molecule has 0 bridgehead atoms. The van der Waals surface area contributed by atoms with E-state index in [9.17, 15) is 10.4 Å². The fraction of sp³-hybridized carbons (Fsp3) is 0. The van der Waals surface area contributed by atoms with Gasteiger partial charge in [-0.2, -0.15) is 17.9 Å². The number of aromatic nitrogens is 2. The van der Waals surface area contributed by atoms with Crippen LogP contribution in [0.5, 0.6) is 0 Å². The van der Waals surface area contributed by atoms with Gasteiger partial charge in [0, 0.05) is 45.9 Å².